The molecule has 0 amide bonds. The van der Waals surface area contributed by atoms with Gasteiger partial charge in [-0.3, -0.25) is 0 Å². The minimum absolute atomic E-state index is 0.677. The van der Waals surface area contributed by atoms with Crippen LogP contribution in [0.4, 0.5) is 0 Å². The van der Waals surface area contributed by atoms with Crippen LogP contribution in [0.25, 0.3) is 5.70 Å². The maximum Gasteiger partial charge on any atom is 0.330 e. The van der Waals surface area contributed by atoms with Crippen LogP contribution in [0, 0.1) is 0 Å². The van der Waals surface area contributed by atoms with Gasteiger partial charge in [0.05, 0.1) is 11.2 Å². The summed E-state index contributed by atoms with van der Waals surface area (Å²) in [5.41, 5.74) is 1.25. The Bertz CT molecular complexity index is 522. The number of benzene rings is 1. The van der Waals surface area contributed by atoms with Crippen LogP contribution in [0.1, 0.15) is 33.3 Å². The highest BCUT2D eigenvalue weighted by Crippen LogP contribution is 2.24. The third kappa shape index (κ3) is 6.38. The molecule has 127 valence electrons. The predicted molar refractivity (Wildman–Crippen MR) is 98.9 cm³/mol. The van der Waals surface area contributed by atoms with Crippen LogP contribution in [0.15, 0.2) is 30.8 Å². The summed E-state index contributed by atoms with van der Waals surface area (Å²) in [5.74, 6) is 0. The Labute approximate surface area is 141 Å². The lowest BCUT2D eigenvalue weighted by atomic mass is 9.82. The van der Waals surface area contributed by atoms with Gasteiger partial charge in [-0.25, -0.2) is 0 Å². The smallest absolute Gasteiger partial charge is 0.330 e. The molecule has 4 nitrogen and oxygen atoms in total. The lowest BCUT2D eigenvalue weighted by Crippen LogP contribution is -2.49. The van der Waals surface area contributed by atoms with E-state index in [1.165, 1.54) is 0 Å². The Morgan fingerprint density at radius 1 is 1.30 bits per heavy atom. The van der Waals surface area contributed by atoms with Crippen molar-refractivity contribution in [3.63, 3.8) is 0 Å². The molecular weight excluding hydrogens is 287 g/mol. The largest absolute Gasteiger partial charge is 0.427 e. The summed E-state index contributed by atoms with van der Waals surface area (Å²) in [6.45, 7) is 13.1. The van der Waals surface area contributed by atoms with Gasteiger partial charge in [-0.2, -0.15) is 0 Å². The second-order valence-corrected chi connectivity index (χ2v) is 7.14. The monoisotopic (exact) mass is 317 g/mol. The number of aliphatic hydroxyl groups is 1. The van der Waals surface area contributed by atoms with Crippen molar-refractivity contribution >= 4 is 18.6 Å². The molecule has 1 aromatic rings. The molecule has 0 aliphatic rings. The van der Waals surface area contributed by atoms with Crippen molar-refractivity contribution in [3.05, 3.63) is 36.4 Å². The zero-order valence-corrected chi connectivity index (χ0v) is 15.3. The first-order chi connectivity index (χ1) is 10.5. The van der Waals surface area contributed by atoms with Gasteiger partial charge >= 0.3 is 7.48 Å². The zero-order valence-electron chi connectivity index (χ0n) is 15.3. The molecule has 23 heavy (non-hydrogen) atoms. The number of rotatable bonds is 9. The van der Waals surface area contributed by atoms with E-state index in [4.69, 9.17) is 4.65 Å². The minimum atomic E-state index is -0.932. The second-order valence-electron chi connectivity index (χ2n) is 7.14. The average Bonchev–Trinajstić information content (AvgIpc) is 2.44. The molecule has 0 atom stereocenters. The highest BCUT2D eigenvalue weighted by molar-refractivity contribution is 6.47. The van der Waals surface area contributed by atoms with Crippen LogP contribution in [0.5, 0.6) is 0 Å². The van der Waals surface area contributed by atoms with Crippen molar-refractivity contribution in [1.29, 1.82) is 0 Å². The summed E-state index contributed by atoms with van der Waals surface area (Å²) < 4.78 is 5.80. The molecule has 0 saturated carbocycles. The van der Waals surface area contributed by atoms with E-state index in [1.807, 2.05) is 52.2 Å². The molecule has 0 fully saturated rings. The number of hydrogen-bond donors (Lipinski definition) is 2. The van der Waals surface area contributed by atoms with Gasteiger partial charge in [0.1, 0.15) is 0 Å². The third-order valence-corrected chi connectivity index (χ3v) is 4.10. The molecule has 5 heteroatoms. The van der Waals surface area contributed by atoms with Gasteiger partial charge in [0.25, 0.3) is 0 Å². The number of likely N-dealkylation sites (N-methyl/N-ethyl adjacent to an activating group) is 1. The van der Waals surface area contributed by atoms with E-state index in [0.717, 1.165) is 29.8 Å². The highest BCUT2D eigenvalue weighted by atomic mass is 16.5. The van der Waals surface area contributed by atoms with Crippen molar-refractivity contribution in [2.45, 2.75) is 38.9 Å². The lowest BCUT2D eigenvalue weighted by molar-refractivity contribution is -0.0893. The van der Waals surface area contributed by atoms with Crippen LogP contribution < -0.4 is 10.8 Å². The van der Waals surface area contributed by atoms with E-state index in [-0.39, 0.29) is 0 Å². The first-order valence-electron chi connectivity index (χ1n) is 7.94. The standard InChI is InChI=1S/C18H30BN2O2/c1-14(20-11-12-21(6)7)15-9-8-10-16(13-15)19-23-18(4,5)17(2,3)22/h8-10,13,20,22H,1,11-12H2,2-7H3. The molecule has 0 aliphatic heterocycles. The number of nitrogens with one attached hydrogen (secondary N) is 1. The summed E-state index contributed by atoms with van der Waals surface area (Å²) >= 11 is 0. The molecule has 0 unspecified atom stereocenters. The second kappa shape index (κ2) is 8.00. The molecule has 2 N–H and O–H groups in total. The van der Waals surface area contributed by atoms with E-state index in [0.29, 0.717) is 0 Å². The fraction of sp³-hybridized carbons (Fsp3) is 0.556. The molecule has 0 aromatic heterocycles. The normalized spacial score (nSPS) is 12.3. The minimum Gasteiger partial charge on any atom is -0.427 e. The van der Waals surface area contributed by atoms with Crippen molar-refractivity contribution < 1.29 is 9.76 Å². The maximum absolute atomic E-state index is 10.1. The molecule has 0 bridgehead atoms. The lowest BCUT2D eigenvalue weighted by Gasteiger charge is -2.37. The van der Waals surface area contributed by atoms with Gasteiger partial charge < -0.3 is 20.0 Å². The Morgan fingerprint density at radius 2 is 1.96 bits per heavy atom. The van der Waals surface area contributed by atoms with E-state index in [1.54, 1.807) is 21.3 Å². The third-order valence-electron chi connectivity index (χ3n) is 4.10. The zero-order chi connectivity index (χ0) is 17.7. The fourth-order valence-corrected chi connectivity index (χ4v) is 1.69. The highest BCUT2D eigenvalue weighted by Gasteiger charge is 2.35. The quantitative estimate of drug-likeness (QED) is 0.680. The van der Waals surface area contributed by atoms with Gasteiger partial charge in [-0.15, -0.1) is 0 Å². The first-order valence-corrected chi connectivity index (χ1v) is 7.94. The van der Waals surface area contributed by atoms with Gasteiger partial charge in [0.2, 0.25) is 0 Å². The van der Waals surface area contributed by atoms with Crippen molar-refractivity contribution in [2.75, 3.05) is 27.2 Å². The Kier molecular flexibility index (Phi) is 6.87. The summed E-state index contributed by atoms with van der Waals surface area (Å²) in [5, 5.41) is 13.5. The van der Waals surface area contributed by atoms with E-state index in [9.17, 15) is 5.11 Å². The van der Waals surface area contributed by atoms with Gasteiger partial charge in [0.15, 0.2) is 0 Å². The summed E-state index contributed by atoms with van der Waals surface area (Å²) in [4.78, 5) is 2.12. The number of hydrogen-bond acceptors (Lipinski definition) is 4. The molecule has 0 spiro atoms. The molecule has 1 rings (SSSR count). The topological polar surface area (TPSA) is 44.7 Å². The van der Waals surface area contributed by atoms with Crippen molar-refractivity contribution in [2.24, 2.45) is 0 Å². The van der Waals surface area contributed by atoms with Crippen LogP contribution >= 0.6 is 0 Å². The summed E-state index contributed by atoms with van der Waals surface area (Å²) in [7, 11) is 5.78. The SMILES string of the molecule is C=C(NCCN(C)C)c1cccc([B]OC(C)(C)C(C)(C)O)c1. The molecular formula is C18H30BN2O2. The first kappa shape index (κ1) is 19.8. The molecule has 1 radical (unpaired) electrons. The van der Waals surface area contributed by atoms with Crippen LogP contribution in [-0.2, 0) is 4.65 Å². The Balaban J connectivity index is 2.65. The number of nitrogens with zero attached hydrogens (tertiary/aromatic N) is 1. The van der Waals surface area contributed by atoms with Gasteiger partial charge in [-0.05, 0) is 47.4 Å². The Hall–Kier alpha value is -1.30. The van der Waals surface area contributed by atoms with Crippen LogP contribution in [0.2, 0.25) is 0 Å². The Morgan fingerprint density at radius 3 is 2.52 bits per heavy atom. The van der Waals surface area contributed by atoms with Crippen molar-refractivity contribution in [1.82, 2.24) is 10.2 Å². The molecule has 0 aliphatic carbocycles. The molecule has 0 saturated heterocycles. The van der Waals surface area contributed by atoms with Gasteiger partial charge in [0, 0.05) is 18.8 Å². The van der Waals surface area contributed by atoms with Crippen molar-refractivity contribution in [3.8, 4) is 0 Å². The molecule has 1 aromatic carbocycles. The van der Waals surface area contributed by atoms with Gasteiger partial charge in [-0.1, -0.05) is 36.3 Å². The average molecular weight is 317 g/mol. The van der Waals surface area contributed by atoms with E-state index >= 15 is 0 Å². The fourth-order valence-electron chi connectivity index (χ4n) is 1.69. The van der Waals surface area contributed by atoms with E-state index in [2.05, 4.69) is 16.8 Å². The summed E-state index contributed by atoms with van der Waals surface area (Å²) in [6, 6.07) is 7.98. The summed E-state index contributed by atoms with van der Waals surface area (Å²) in [6.07, 6.45) is 0. The predicted octanol–water partition coefficient (Wildman–Crippen LogP) is 1.62. The van der Waals surface area contributed by atoms with Crippen LogP contribution in [0.3, 0.4) is 0 Å². The van der Waals surface area contributed by atoms with Crippen LogP contribution in [-0.4, -0.2) is 55.9 Å². The maximum atomic E-state index is 10.1. The van der Waals surface area contributed by atoms with E-state index < -0.39 is 11.2 Å². The molecule has 0 heterocycles.